The van der Waals surface area contributed by atoms with Crippen LogP contribution in [-0.2, 0) is 23.8 Å². The van der Waals surface area contributed by atoms with Crippen molar-refractivity contribution >= 4 is 29.2 Å². The van der Waals surface area contributed by atoms with Crippen LogP contribution in [0.3, 0.4) is 0 Å². The summed E-state index contributed by atoms with van der Waals surface area (Å²) in [6, 6.07) is 0. The first-order chi connectivity index (χ1) is 20.3. The van der Waals surface area contributed by atoms with Crippen LogP contribution in [0.1, 0.15) is 70.5 Å². The minimum Gasteiger partial charge on any atom is -0.457 e. The molecule has 0 aliphatic carbocycles. The molecule has 0 bridgehead atoms. The SMILES string of the molecule is Cc1nc(/C=C(\CO)[C@@H]2C/C=C\CCC[C@H](C)[C@H](O)[C@@H](C)C(=O)C(C)(C)[C@@H](O[C@H]3O[C@H](CO)[C@@H](O)C3O)CC(=O)O2)cs1. The molecule has 2 aliphatic heterocycles. The molecular weight excluding hydrogens is 578 g/mol. The number of aromatic nitrogens is 1. The van der Waals surface area contributed by atoms with Crippen LogP contribution in [0, 0.1) is 24.2 Å². The summed E-state index contributed by atoms with van der Waals surface area (Å²) in [5, 5.41) is 54.3. The van der Waals surface area contributed by atoms with Crippen molar-refractivity contribution in [1.29, 1.82) is 0 Å². The normalized spacial score (nSPS) is 36.0. The molecule has 43 heavy (non-hydrogen) atoms. The van der Waals surface area contributed by atoms with Crippen molar-refractivity contribution < 1.29 is 49.3 Å². The van der Waals surface area contributed by atoms with Gasteiger partial charge < -0.3 is 39.7 Å². The average Bonchev–Trinajstić information content (AvgIpc) is 3.51. The Balaban J connectivity index is 1.97. The highest BCUT2D eigenvalue weighted by molar-refractivity contribution is 7.09. The van der Waals surface area contributed by atoms with Crippen molar-refractivity contribution in [2.45, 2.75) is 110 Å². The predicted octanol–water partition coefficient (Wildman–Crippen LogP) is 2.31. The zero-order valence-corrected chi connectivity index (χ0v) is 26.4. The van der Waals surface area contributed by atoms with Gasteiger partial charge in [0, 0.05) is 17.7 Å². The van der Waals surface area contributed by atoms with Crippen molar-refractivity contribution in [1.82, 2.24) is 4.98 Å². The lowest BCUT2D eigenvalue weighted by molar-refractivity contribution is -0.218. The minimum absolute atomic E-state index is 0.168. The molecule has 0 spiro atoms. The Morgan fingerprint density at radius 2 is 1.86 bits per heavy atom. The number of hydrogen-bond acceptors (Lipinski definition) is 12. The van der Waals surface area contributed by atoms with E-state index in [1.807, 2.05) is 31.4 Å². The number of aryl methyl sites for hydroxylation is 1. The van der Waals surface area contributed by atoms with Gasteiger partial charge in [-0.15, -0.1) is 11.3 Å². The van der Waals surface area contributed by atoms with Gasteiger partial charge in [-0.1, -0.05) is 39.8 Å². The van der Waals surface area contributed by atoms with E-state index in [0.717, 1.165) is 17.8 Å². The summed E-state index contributed by atoms with van der Waals surface area (Å²) in [7, 11) is 0. The molecule has 9 atom stereocenters. The van der Waals surface area contributed by atoms with E-state index in [-0.39, 0.29) is 18.3 Å². The van der Waals surface area contributed by atoms with Crippen LogP contribution in [0.4, 0.5) is 0 Å². The summed E-state index contributed by atoms with van der Waals surface area (Å²) in [6.45, 7) is 7.65. The van der Waals surface area contributed by atoms with Gasteiger partial charge in [0.2, 0.25) is 0 Å². The summed E-state index contributed by atoms with van der Waals surface area (Å²) in [5.41, 5.74) is -0.284. The molecular formula is C31H47NO10S. The highest BCUT2D eigenvalue weighted by Crippen LogP contribution is 2.36. The van der Waals surface area contributed by atoms with Gasteiger partial charge in [-0.3, -0.25) is 9.59 Å². The van der Waals surface area contributed by atoms with Crippen LogP contribution >= 0.6 is 11.3 Å². The number of ketones is 1. The van der Waals surface area contributed by atoms with Gasteiger partial charge in [0.05, 0.1) is 48.0 Å². The van der Waals surface area contributed by atoms with Crippen LogP contribution in [0.2, 0.25) is 0 Å². The lowest BCUT2D eigenvalue weighted by Gasteiger charge is -2.38. The summed E-state index contributed by atoms with van der Waals surface area (Å²) < 4.78 is 17.4. The molecule has 1 fully saturated rings. The molecule has 12 heteroatoms. The van der Waals surface area contributed by atoms with Crippen LogP contribution in [0.5, 0.6) is 0 Å². The van der Waals surface area contributed by atoms with Crippen LogP contribution in [-0.4, -0.2) is 98.4 Å². The first kappa shape index (κ1) is 35.4. The molecule has 0 aromatic carbocycles. The maximum atomic E-state index is 13.9. The van der Waals surface area contributed by atoms with Gasteiger partial charge in [0.15, 0.2) is 6.29 Å². The zero-order chi connectivity index (χ0) is 31.9. The number of hydrogen-bond donors (Lipinski definition) is 5. The Hall–Kier alpha value is -2.03. The lowest BCUT2D eigenvalue weighted by Crippen LogP contribution is -2.49. The van der Waals surface area contributed by atoms with E-state index in [1.54, 1.807) is 26.8 Å². The number of Topliss-reactive ketones (excluding diaryl/α,β-unsaturated/α-hetero) is 1. The first-order valence-corrected chi connectivity index (χ1v) is 15.8. The molecule has 2 aliphatic rings. The zero-order valence-electron chi connectivity index (χ0n) is 25.6. The molecule has 1 aromatic heterocycles. The Kier molecular flexibility index (Phi) is 13.0. The van der Waals surface area contributed by atoms with Crippen LogP contribution < -0.4 is 0 Å². The number of cyclic esters (lactones) is 1. The number of carbonyl (C=O) groups excluding carboxylic acids is 2. The van der Waals surface area contributed by atoms with E-state index >= 15 is 0 Å². The smallest absolute Gasteiger partial charge is 0.309 e. The van der Waals surface area contributed by atoms with E-state index in [2.05, 4.69) is 4.98 Å². The summed E-state index contributed by atoms with van der Waals surface area (Å²) in [4.78, 5) is 31.8. The molecule has 1 saturated heterocycles. The summed E-state index contributed by atoms with van der Waals surface area (Å²) in [6.07, 6.45) is -0.845. The van der Waals surface area contributed by atoms with Crippen LogP contribution in [0.25, 0.3) is 6.08 Å². The maximum Gasteiger partial charge on any atom is 0.309 e. The van der Waals surface area contributed by atoms with Gasteiger partial charge in [0.25, 0.3) is 0 Å². The molecule has 0 saturated carbocycles. The van der Waals surface area contributed by atoms with E-state index < -0.39 is 73.2 Å². The standard InChI is InChI=1S/C31H47NO10S/c1-17-10-8-6-7-9-11-22(20(14-33)12-21-16-43-19(3)32-21)40-25(35)13-24(31(4,5)29(39)18(2)26(17)36)42-30-28(38)27(37)23(15-34)41-30/h7,9,12,16-18,22-24,26-28,30,33-34,36-38H,6,8,10-11,13-15H2,1-5H3/b9-7-,20-12+/t17-,18+,22-,23+,24-,26-,27+,28?,30+/m0/s1. The number of nitrogens with zero attached hydrogens (tertiary/aromatic N) is 1. The van der Waals surface area contributed by atoms with Gasteiger partial charge in [-0.2, -0.15) is 0 Å². The molecule has 0 amide bonds. The molecule has 5 N–H and O–H groups in total. The largest absolute Gasteiger partial charge is 0.457 e. The van der Waals surface area contributed by atoms with Crippen molar-refractivity contribution in [3.63, 3.8) is 0 Å². The van der Waals surface area contributed by atoms with Crippen molar-refractivity contribution in [3.8, 4) is 0 Å². The molecule has 1 aromatic rings. The quantitative estimate of drug-likeness (QED) is 0.232. The molecule has 3 heterocycles. The van der Waals surface area contributed by atoms with E-state index in [0.29, 0.717) is 24.1 Å². The second-order valence-electron chi connectivity index (χ2n) is 12.2. The number of allylic oxidation sites excluding steroid dienone is 1. The molecule has 11 nitrogen and oxygen atoms in total. The monoisotopic (exact) mass is 625 g/mol. The highest BCUT2D eigenvalue weighted by Gasteiger charge is 2.49. The number of aliphatic hydroxyl groups excluding tert-OH is 5. The fourth-order valence-electron chi connectivity index (χ4n) is 5.58. The number of ether oxygens (including phenoxy) is 3. The third-order valence-electron chi connectivity index (χ3n) is 8.48. The molecule has 242 valence electrons. The molecule has 1 unspecified atom stereocenters. The van der Waals surface area contributed by atoms with E-state index in [4.69, 9.17) is 14.2 Å². The number of aliphatic hydroxyl groups is 5. The number of esters is 1. The van der Waals surface area contributed by atoms with Crippen molar-refractivity contribution in [3.05, 3.63) is 33.8 Å². The first-order valence-electron chi connectivity index (χ1n) is 14.9. The lowest BCUT2D eigenvalue weighted by atomic mass is 9.72. The van der Waals surface area contributed by atoms with Crippen molar-refractivity contribution in [2.75, 3.05) is 13.2 Å². The third kappa shape index (κ3) is 9.01. The Morgan fingerprint density at radius 1 is 1.14 bits per heavy atom. The predicted molar refractivity (Wildman–Crippen MR) is 160 cm³/mol. The fraction of sp³-hybridized carbons (Fsp3) is 0.710. The van der Waals surface area contributed by atoms with Gasteiger partial charge in [-0.25, -0.2) is 4.98 Å². The van der Waals surface area contributed by atoms with Gasteiger partial charge in [0.1, 0.15) is 30.2 Å². The summed E-state index contributed by atoms with van der Waals surface area (Å²) >= 11 is 1.46. The topological polar surface area (TPSA) is 176 Å². The Labute approximate surface area is 257 Å². The maximum absolute atomic E-state index is 13.9. The van der Waals surface area contributed by atoms with Gasteiger partial charge in [-0.05, 0) is 43.8 Å². The second kappa shape index (κ2) is 15.8. The Bertz CT molecular complexity index is 1130. The number of thiazole rings is 1. The van der Waals surface area contributed by atoms with Crippen LogP contribution in [0.15, 0.2) is 23.1 Å². The Morgan fingerprint density at radius 3 is 2.47 bits per heavy atom. The van der Waals surface area contributed by atoms with E-state index in [9.17, 15) is 35.1 Å². The molecule has 0 radical (unpaired) electrons. The van der Waals surface area contributed by atoms with Gasteiger partial charge >= 0.3 is 5.97 Å². The fourth-order valence-corrected chi connectivity index (χ4v) is 6.15. The highest BCUT2D eigenvalue weighted by atomic mass is 32.1. The third-order valence-corrected chi connectivity index (χ3v) is 9.28. The van der Waals surface area contributed by atoms with E-state index in [1.165, 1.54) is 11.3 Å². The molecule has 3 rings (SSSR count). The number of carbonyl (C=O) groups is 2. The van der Waals surface area contributed by atoms with Crippen molar-refractivity contribution in [2.24, 2.45) is 17.3 Å². The second-order valence-corrected chi connectivity index (χ2v) is 13.2. The summed E-state index contributed by atoms with van der Waals surface area (Å²) in [5.74, 6) is -2.04. The number of rotatable bonds is 6. The average molecular weight is 626 g/mol. The minimum atomic E-state index is -1.54.